The Kier molecular flexibility index (Phi) is 5.02. The summed E-state index contributed by atoms with van der Waals surface area (Å²) in [4.78, 5) is 13.5. The number of hydrogen-bond acceptors (Lipinski definition) is 2. The van der Waals surface area contributed by atoms with E-state index in [1.807, 2.05) is 6.07 Å². The number of alkyl halides is 1. The zero-order valence-corrected chi connectivity index (χ0v) is 11.2. The number of carbonyl (C=O) groups excluding carboxylic acids is 1. The van der Waals surface area contributed by atoms with Crippen LogP contribution in [-0.4, -0.2) is 36.3 Å². The molecule has 1 N–H and O–H groups in total. The van der Waals surface area contributed by atoms with Gasteiger partial charge in [0.15, 0.2) is 0 Å². The van der Waals surface area contributed by atoms with Crippen LogP contribution in [0, 0.1) is 5.92 Å². The summed E-state index contributed by atoms with van der Waals surface area (Å²) in [6, 6.07) is 10.5. The topological polar surface area (TPSA) is 32.3 Å². The first-order chi connectivity index (χ1) is 8.78. The van der Waals surface area contributed by atoms with Crippen LogP contribution in [0.25, 0.3) is 0 Å². The second-order valence-corrected chi connectivity index (χ2v) is 5.08. The molecule has 0 aromatic heterocycles. The summed E-state index contributed by atoms with van der Waals surface area (Å²) in [7, 11) is 0. The quantitative estimate of drug-likeness (QED) is 0.825. The largest absolute Gasteiger partial charge is 0.355 e. The number of likely N-dealkylation sites (tertiary alicyclic amines) is 1. The molecule has 18 heavy (non-hydrogen) atoms. The van der Waals surface area contributed by atoms with Gasteiger partial charge in [-0.05, 0) is 24.4 Å². The fourth-order valence-electron chi connectivity index (χ4n) is 2.37. The van der Waals surface area contributed by atoms with E-state index in [-0.39, 0.29) is 11.8 Å². The van der Waals surface area contributed by atoms with Crippen LogP contribution >= 0.6 is 11.6 Å². The number of hydrogen-bond donors (Lipinski definition) is 1. The Morgan fingerprint density at radius 3 is 2.89 bits per heavy atom. The maximum Gasteiger partial charge on any atom is 0.234 e. The fourth-order valence-corrected chi connectivity index (χ4v) is 2.46. The van der Waals surface area contributed by atoms with Gasteiger partial charge in [0.25, 0.3) is 0 Å². The molecule has 1 heterocycles. The van der Waals surface area contributed by atoms with Gasteiger partial charge in [-0.25, -0.2) is 0 Å². The van der Waals surface area contributed by atoms with Crippen LogP contribution in [-0.2, 0) is 11.3 Å². The molecule has 3 nitrogen and oxygen atoms in total. The number of rotatable bonds is 5. The summed E-state index contributed by atoms with van der Waals surface area (Å²) in [5.74, 6) is 0.541. The molecule has 1 saturated heterocycles. The lowest BCUT2D eigenvalue weighted by atomic mass is 10.1. The van der Waals surface area contributed by atoms with Crippen molar-refractivity contribution >= 4 is 17.5 Å². The lowest BCUT2D eigenvalue weighted by molar-refractivity contribution is -0.118. The highest BCUT2D eigenvalue weighted by Gasteiger charge is 2.22. The molecule has 1 aromatic rings. The monoisotopic (exact) mass is 266 g/mol. The highest BCUT2D eigenvalue weighted by molar-refractivity contribution is 6.27. The van der Waals surface area contributed by atoms with Gasteiger partial charge in [-0.2, -0.15) is 0 Å². The fraction of sp³-hybridized carbons (Fsp3) is 0.500. The molecular formula is C14H19ClN2O. The molecule has 98 valence electrons. The van der Waals surface area contributed by atoms with Crippen molar-refractivity contribution in [2.24, 2.45) is 5.92 Å². The van der Waals surface area contributed by atoms with Gasteiger partial charge in [0.05, 0.1) is 0 Å². The lowest BCUT2D eigenvalue weighted by Crippen LogP contribution is -2.31. The van der Waals surface area contributed by atoms with Crippen molar-refractivity contribution in [3.63, 3.8) is 0 Å². The molecule has 2 rings (SSSR count). The lowest BCUT2D eigenvalue weighted by Gasteiger charge is -2.16. The zero-order chi connectivity index (χ0) is 12.8. The van der Waals surface area contributed by atoms with Gasteiger partial charge in [0.2, 0.25) is 5.91 Å². The van der Waals surface area contributed by atoms with Crippen LogP contribution < -0.4 is 5.32 Å². The van der Waals surface area contributed by atoms with Crippen LogP contribution in [0.2, 0.25) is 0 Å². The van der Waals surface area contributed by atoms with Crippen molar-refractivity contribution in [3.05, 3.63) is 35.9 Å². The first kappa shape index (κ1) is 13.4. The van der Waals surface area contributed by atoms with Crippen molar-refractivity contribution in [2.45, 2.75) is 13.0 Å². The predicted octanol–water partition coefficient (Wildman–Crippen LogP) is 1.86. The Bertz CT molecular complexity index is 383. The minimum atomic E-state index is -0.0711. The standard InChI is InChI=1S/C14H19ClN2O/c15-8-14(18)16-9-13-6-7-17(11-13)10-12-4-2-1-3-5-12/h1-5,13H,6-11H2,(H,16,18). The predicted molar refractivity (Wildman–Crippen MR) is 73.6 cm³/mol. The highest BCUT2D eigenvalue weighted by Crippen LogP contribution is 2.17. The van der Waals surface area contributed by atoms with E-state index < -0.39 is 0 Å². The van der Waals surface area contributed by atoms with Gasteiger partial charge >= 0.3 is 0 Å². The van der Waals surface area contributed by atoms with Gasteiger partial charge < -0.3 is 5.32 Å². The number of carbonyl (C=O) groups is 1. The van der Waals surface area contributed by atoms with Crippen LogP contribution in [0.3, 0.4) is 0 Å². The number of benzene rings is 1. The molecule has 0 spiro atoms. The number of amides is 1. The molecule has 1 aliphatic rings. The van der Waals surface area contributed by atoms with E-state index in [4.69, 9.17) is 11.6 Å². The summed E-state index contributed by atoms with van der Waals surface area (Å²) in [6.07, 6.45) is 1.15. The average Bonchev–Trinajstić information content (AvgIpc) is 2.85. The van der Waals surface area contributed by atoms with Crippen molar-refractivity contribution < 1.29 is 4.79 Å². The van der Waals surface area contributed by atoms with E-state index in [9.17, 15) is 4.79 Å². The summed E-state index contributed by atoms with van der Waals surface area (Å²) in [5, 5.41) is 2.86. The first-order valence-corrected chi connectivity index (χ1v) is 6.90. The minimum absolute atomic E-state index is 0.0560. The van der Waals surface area contributed by atoms with Crippen molar-refractivity contribution in [1.29, 1.82) is 0 Å². The van der Waals surface area contributed by atoms with Crippen molar-refractivity contribution in [1.82, 2.24) is 10.2 Å². The molecule has 1 fully saturated rings. The molecular weight excluding hydrogens is 248 g/mol. The second-order valence-electron chi connectivity index (χ2n) is 4.81. The Morgan fingerprint density at radius 2 is 2.17 bits per heavy atom. The molecule has 0 saturated carbocycles. The molecule has 0 aliphatic carbocycles. The van der Waals surface area contributed by atoms with E-state index in [1.54, 1.807) is 0 Å². The zero-order valence-electron chi connectivity index (χ0n) is 10.4. The molecule has 1 unspecified atom stereocenters. The Balaban J connectivity index is 1.73. The van der Waals surface area contributed by atoms with Crippen LogP contribution in [0.1, 0.15) is 12.0 Å². The summed E-state index contributed by atoms with van der Waals surface area (Å²) < 4.78 is 0. The second kappa shape index (κ2) is 6.76. The molecule has 1 amide bonds. The Hall–Kier alpha value is -1.06. The van der Waals surface area contributed by atoms with Crippen LogP contribution in [0.15, 0.2) is 30.3 Å². The molecule has 4 heteroatoms. The summed E-state index contributed by atoms with van der Waals surface area (Å²) >= 11 is 5.45. The molecule has 1 atom stereocenters. The van der Waals surface area contributed by atoms with Crippen molar-refractivity contribution in [3.8, 4) is 0 Å². The van der Waals surface area contributed by atoms with Gasteiger partial charge in [-0.15, -0.1) is 11.6 Å². The number of halogens is 1. The van der Waals surface area contributed by atoms with E-state index >= 15 is 0 Å². The molecule has 1 aromatic carbocycles. The van der Waals surface area contributed by atoms with E-state index in [1.165, 1.54) is 5.56 Å². The van der Waals surface area contributed by atoms with E-state index in [0.29, 0.717) is 5.92 Å². The van der Waals surface area contributed by atoms with Gasteiger partial charge in [-0.1, -0.05) is 30.3 Å². The minimum Gasteiger partial charge on any atom is -0.355 e. The highest BCUT2D eigenvalue weighted by atomic mass is 35.5. The van der Waals surface area contributed by atoms with E-state index in [0.717, 1.165) is 32.6 Å². The third-order valence-electron chi connectivity index (χ3n) is 3.33. The maximum absolute atomic E-state index is 11.1. The van der Waals surface area contributed by atoms with Gasteiger partial charge in [0, 0.05) is 19.6 Å². The average molecular weight is 267 g/mol. The van der Waals surface area contributed by atoms with Crippen molar-refractivity contribution in [2.75, 3.05) is 25.5 Å². The Morgan fingerprint density at radius 1 is 1.39 bits per heavy atom. The van der Waals surface area contributed by atoms with Gasteiger partial charge in [-0.3, -0.25) is 9.69 Å². The van der Waals surface area contributed by atoms with E-state index in [2.05, 4.69) is 34.5 Å². The maximum atomic E-state index is 11.1. The molecule has 1 aliphatic heterocycles. The third kappa shape index (κ3) is 4.00. The number of nitrogens with zero attached hydrogens (tertiary/aromatic N) is 1. The third-order valence-corrected chi connectivity index (χ3v) is 3.57. The smallest absolute Gasteiger partial charge is 0.234 e. The molecule has 0 bridgehead atoms. The normalized spacial score (nSPS) is 19.9. The SMILES string of the molecule is O=C(CCl)NCC1CCN(Cc2ccccc2)C1. The first-order valence-electron chi connectivity index (χ1n) is 6.37. The summed E-state index contributed by atoms with van der Waals surface area (Å²) in [6.45, 7) is 3.91. The molecule has 0 radical (unpaired) electrons. The van der Waals surface area contributed by atoms with Gasteiger partial charge in [0.1, 0.15) is 5.88 Å². The summed E-state index contributed by atoms with van der Waals surface area (Å²) in [5.41, 5.74) is 1.35. The van der Waals surface area contributed by atoms with Crippen LogP contribution in [0.4, 0.5) is 0 Å². The van der Waals surface area contributed by atoms with Crippen LogP contribution in [0.5, 0.6) is 0 Å². The Labute approximate surface area is 113 Å². The number of nitrogens with one attached hydrogen (secondary N) is 1.